The van der Waals surface area contributed by atoms with E-state index in [0.717, 1.165) is 12.1 Å². The number of carbonyl (C=O) groups is 2. The van der Waals surface area contributed by atoms with E-state index in [1.54, 1.807) is 6.92 Å². The molecule has 1 aromatic rings. The molecule has 1 aromatic carbocycles. The van der Waals surface area contributed by atoms with Gasteiger partial charge in [-0.15, -0.1) is 0 Å². The Morgan fingerprint density at radius 3 is 2.50 bits per heavy atom. The summed E-state index contributed by atoms with van der Waals surface area (Å²) in [5, 5.41) is 2.33. The van der Waals surface area contributed by atoms with Crippen molar-refractivity contribution in [2.24, 2.45) is 5.92 Å². The Kier molecular flexibility index (Phi) is 4.76. The van der Waals surface area contributed by atoms with E-state index in [1.165, 1.54) is 13.2 Å². The zero-order valence-corrected chi connectivity index (χ0v) is 10.00. The maximum absolute atomic E-state index is 12.9. The molecule has 0 aliphatic rings. The highest BCUT2D eigenvalue weighted by molar-refractivity contribution is 6.04. The lowest BCUT2D eigenvalue weighted by molar-refractivity contribution is -0.148. The van der Waals surface area contributed by atoms with Crippen molar-refractivity contribution in [1.29, 1.82) is 0 Å². The van der Waals surface area contributed by atoms with Crippen molar-refractivity contribution in [2.45, 2.75) is 13.3 Å². The highest BCUT2D eigenvalue weighted by Gasteiger charge is 2.25. The highest BCUT2D eigenvalue weighted by Crippen LogP contribution is 2.15. The maximum Gasteiger partial charge on any atom is 0.318 e. The van der Waals surface area contributed by atoms with Crippen LogP contribution < -0.4 is 5.32 Å². The van der Waals surface area contributed by atoms with E-state index in [0.29, 0.717) is 0 Å². The zero-order valence-electron chi connectivity index (χ0n) is 10.00. The molecule has 98 valence electrons. The Morgan fingerprint density at radius 1 is 1.33 bits per heavy atom. The predicted molar refractivity (Wildman–Crippen MR) is 60.8 cm³/mol. The predicted octanol–water partition coefficient (Wildman–Crippen LogP) is 2.10. The molecule has 6 heteroatoms. The second-order valence-electron chi connectivity index (χ2n) is 3.60. The number of hydrogen-bond acceptors (Lipinski definition) is 3. The summed E-state index contributed by atoms with van der Waals surface area (Å²) in [5.41, 5.74) is 0.0845. The molecule has 1 unspecified atom stereocenters. The lowest BCUT2D eigenvalue weighted by atomic mass is 10.1. The smallest absolute Gasteiger partial charge is 0.318 e. The number of benzene rings is 1. The molecule has 1 atom stereocenters. The molecule has 0 saturated carbocycles. The van der Waals surface area contributed by atoms with Gasteiger partial charge in [0.15, 0.2) is 11.6 Å². The molecule has 0 saturated heterocycles. The van der Waals surface area contributed by atoms with Crippen molar-refractivity contribution >= 4 is 17.6 Å². The third-order valence-electron chi connectivity index (χ3n) is 2.40. The van der Waals surface area contributed by atoms with Gasteiger partial charge in [-0.1, -0.05) is 6.92 Å². The topological polar surface area (TPSA) is 55.4 Å². The van der Waals surface area contributed by atoms with E-state index in [4.69, 9.17) is 0 Å². The first-order valence-corrected chi connectivity index (χ1v) is 5.33. The number of rotatable bonds is 4. The zero-order chi connectivity index (χ0) is 13.7. The van der Waals surface area contributed by atoms with Crippen LogP contribution in [0.1, 0.15) is 13.3 Å². The van der Waals surface area contributed by atoms with E-state index in [9.17, 15) is 18.4 Å². The molecule has 0 aliphatic heterocycles. The number of hydrogen-bond donors (Lipinski definition) is 1. The number of amides is 1. The maximum atomic E-state index is 12.9. The van der Waals surface area contributed by atoms with Crippen LogP contribution in [0, 0.1) is 17.6 Å². The Morgan fingerprint density at radius 2 is 2.00 bits per heavy atom. The van der Waals surface area contributed by atoms with Crippen LogP contribution in [0.3, 0.4) is 0 Å². The van der Waals surface area contributed by atoms with Gasteiger partial charge in [-0.05, 0) is 18.6 Å². The minimum Gasteiger partial charge on any atom is -0.468 e. The van der Waals surface area contributed by atoms with Crippen molar-refractivity contribution in [2.75, 3.05) is 12.4 Å². The number of methoxy groups -OCH3 is 1. The van der Waals surface area contributed by atoms with Gasteiger partial charge in [0.05, 0.1) is 7.11 Å². The fraction of sp³-hybridized carbons (Fsp3) is 0.333. The van der Waals surface area contributed by atoms with Gasteiger partial charge in [0.2, 0.25) is 5.91 Å². The fourth-order valence-electron chi connectivity index (χ4n) is 1.40. The SMILES string of the molecule is CCC(C(=O)Nc1ccc(F)c(F)c1)C(=O)OC. The third kappa shape index (κ3) is 3.26. The number of esters is 1. The van der Waals surface area contributed by atoms with Gasteiger partial charge in [0.1, 0.15) is 5.92 Å². The molecule has 0 bridgehead atoms. The minimum absolute atomic E-state index is 0.0845. The first-order valence-electron chi connectivity index (χ1n) is 5.33. The summed E-state index contributed by atoms with van der Waals surface area (Å²) in [6.45, 7) is 1.65. The van der Waals surface area contributed by atoms with Crippen molar-refractivity contribution in [1.82, 2.24) is 0 Å². The van der Waals surface area contributed by atoms with Gasteiger partial charge in [0.25, 0.3) is 0 Å². The molecule has 0 radical (unpaired) electrons. The molecule has 4 nitrogen and oxygen atoms in total. The summed E-state index contributed by atoms with van der Waals surface area (Å²) < 4.78 is 30.1. The molecule has 1 amide bonds. The highest BCUT2D eigenvalue weighted by atomic mass is 19.2. The quantitative estimate of drug-likeness (QED) is 0.664. The number of halogens is 2. The summed E-state index contributed by atoms with van der Waals surface area (Å²) in [6.07, 6.45) is 0.252. The van der Waals surface area contributed by atoms with Crippen LogP contribution in [-0.2, 0) is 14.3 Å². The number of carbonyl (C=O) groups excluding carboxylic acids is 2. The summed E-state index contributed by atoms with van der Waals surface area (Å²) in [5.74, 6) is -4.33. The summed E-state index contributed by atoms with van der Waals surface area (Å²) in [4.78, 5) is 23.0. The Bertz CT molecular complexity index is 463. The number of anilines is 1. The Labute approximate surface area is 103 Å². The van der Waals surface area contributed by atoms with E-state index >= 15 is 0 Å². The van der Waals surface area contributed by atoms with Crippen LogP contribution in [-0.4, -0.2) is 19.0 Å². The molecule has 1 rings (SSSR count). The third-order valence-corrected chi connectivity index (χ3v) is 2.40. The normalized spacial score (nSPS) is 11.8. The van der Waals surface area contributed by atoms with Crippen molar-refractivity contribution < 1.29 is 23.1 Å². The monoisotopic (exact) mass is 257 g/mol. The standard InChI is InChI=1S/C12H13F2NO3/c1-3-8(12(17)18-2)11(16)15-7-4-5-9(13)10(14)6-7/h4-6,8H,3H2,1-2H3,(H,15,16). The summed E-state index contributed by atoms with van der Waals surface area (Å²) in [7, 11) is 1.18. The van der Waals surface area contributed by atoms with Crippen LogP contribution >= 0.6 is 0 Å². The molecular formula is C12H13F2NO3. The molecule has 0 aliphatic carbocycles. The number of nitrogens with one attached hydrogen (secondary N) is 1. The lowest BCUT2D eigenvalue weighted by Gasteiger charge is -2.12. The molecular weight excluding hydrogens is 244 g/mol. The Balaban J connectivity index is 2.79. The van der Waals surface area contributed by atoms with Crippen LogP contribution in [0.2, 0.25) is 0 Å². The first-order chi connectivity index (χ1) is 8.49. The Hall–Kier alpha value is -1.98. The fourth-order valence-corrected chi connectivity index (χ4v) is 1.40. The summed E-state index contributed by atoms with van der Waals surface area (Å²) >= 11 is 0. The van der Waals surface area contributed by atoms with Crippen LogP contribution in [0.25, 0.3) is 0 Å². The second-order valence-corrected chi connectivity index (χ2v) is 3.60. The second kappa shape index (κ2) is 6.09. The van der Waals surface area contributed by atoms with Gasteiger partial charge >= 0.3 is 5.97 Å². The van der Waals surface area contributed by atoms with E-state index in [2.05, 4.69) is 10.1 Å². The lowest BCUT2D eigenvalue weighted by Crippen LogP contribution is -2.30. The number of ether oxygens (including phenoxy) is 1. The van der Waals surface area contributed by atoms with E-state index in [1.807, 2.05) is 0 Å². The molecule has 0 fully saturated rings. The van der Waals surface area contributed by atoms with Gasteiger partial charge in [-0.25, -0.2) is 8.78 Å². The largest absolute Gasteiger partial charge is 0.468 e. The van der Waals surface area contributed by atoms with Gasteiger partial charge < -0.3 is 10.1 Å². The summed E-state index contributed by atoms with van der Waals surface area (Å²) in [6, 6.07) is 2.95. The molecule has 0 heterocycles. The molecule has 18 heavy (non-hydrogen) atoms. The average molecular weight is 257 g/mol. The van der Waals surface area contributed by atoms with E-state index < -0.39 is 29.4 Å². The van der Waals surface area contributed by atoms with Crippen LogP contribution in [0.15, 0.2) is 18.2 Å². The van der Waals surface area contributed by atoms with E-state index in [-0.39, 0.29) is 12.1 Å². The average Bonchev–Trinajstić information content (AvgIpc) is 2.34. The van der Waals surface area contributed by atoms with Crippen LogP contribution in [0.4, 0.5) is 14.5 Å². The van der Waals surface area contributed by atoms with Crippen LogP contribution in [0.5, 0.6) is 0 Å². The van der Waals surface area contributed by atoms with Gasteiger partial charge in [-0.2, -0.15) is 0 Å². The van der Waals surface area contributed by atoms with Crippen molar-refractivity contribution in [3.05, 3.63) is 29.8 Å². The minimum atomic E-state index is -1.07. The van der Waals surface area contributed by atoms with Crippen molar-refractivity contribution in [3.63, 3.8) is 0 Å². The van der Waals surface area contributed by atoms with Gasteiger partial charge in [0, 0.05) is 11.8 Å². The molecule has 0 spiro atoms. The van der Waals surface area contributed by atoms with Gasteiger partial charge in [-0.3, -0.25) is 9.59 Å². The molecule has 0 aromatic heterocycles. The van der Waals surface area contributed by atoms with Crippen molar-refractivity contribution in [3.8, 4) is 0 Å². The molecule has 1 N–H and O–H groups in total. The first kappa shape index (κ1) is 14.1.